The predicted molar refractivity (Wildman–Crippen MR) is 86.3 cm³/mol. The van der Waals surface area contributed by atoms with Crippen LogP contribution in [0.25, 0.3) is 0 Å². The summed E-state index contributed by atoms with van der Waals surface area (Å²) < 4.78 is 6.36. The molecule has 9 nitrogen and oxygen atoms in total. The molecule has 2 N–H and O–H groups in total. The van der Waals surface area contributed by atoms with Gasteiger partial charge in [-0.3, -0.25) is 24.5 Å². The summed E-state index contributed by atoms with van der Waals surface area (Å²) in [5.74, 6) is 0. The van der Waals surface area contributed by atoms with E-state index in [9.17, 15) is 19.7 Å². The molecule has 0 aliphatic heterocycles. The lowest BCUT2D eigenvalue weighted by atomic mass is 10.3. The van der Waals surface area contributed by atoms with Crippen molar-refractivity contribution in [3.8, 4) is 0 Å². The van der Waals surface area contributed by atoms with E-state index in [1.807, 2.05) is 0 Å². The molecular formula is C14H15N3O6S. The topological polar surface area (TPSA) is 127 Å². The lowest BCUT2D eigenvalue weighted by Crippen LogP contribution is -2.33. The van der Waals surface area contributed by atoms with Crippen LogP contribution in [0.2, 0.25) is 0 Å². The van der Waals surface area contributed by atoms with Crippen LogP contribution < -0.4 is 11.2 Å². The van der Waals surface area contributed by atoms with Gasteiger partial charge in [0.25, 0.3) is 11.2 Å². The van der Waals surface area contributed by atoms with Gasteiger partial charge in [-0.2, -0.15) is 0 Å². The van der Waals surface area contributed by atoms with E-state index in [0.29, 0.717) is 15.5 Å². The monoisotopic (exact) mass is 353 g/mol. The molecule has 0 atom stereocenters. The number of aromatic nitrogens is 2. The molecule has 1 aromatic carbocycles. The summed E-state index contributed by atoms with van der Waals surface area (Å²) in [5, 5.41) is 19.9. The van der Waals surface area contributed by atoms with Gasteiger partial charge in [-0.25, -0.2) is 4.79 Å². The Morgan fingerprint density at radius 3 is 2.83 bits per heavy atom. The zero-order chi connectivity index (χ0) is 17.7. The minimum Gasteiger partial charge on any atom is -0.394 e. The minimum atomic E-state index is -0.656. The number of nitro groups is 1. The van der Waals surface area contributed by atoms with Crippen LogP contribution in [0, 0.1) is 17.0 Å². The number of nitrogens with one attached hydrogen (secondary N) is 1. The fourth-order valence-electron chi connectivity index (χ4n) is 1.89. The Morgan fingerprint density at radius 2 is 2.17 bits per heavy atom. The van der Waals surface area contributed by atoms with Crippen molar-refractivity contribution in [2.24, 2.45) is 0 Å². The summed E-state index contributed by atoms with van der Waals surface area (Å²) in [6.07, 6.45) is 0. The Balaban J connectivity index is 2.44. The van der Waals surface area contributed by atoms with Crippen LogP contribution in [0.3, 0.4) is 0 Å². The van der Waals surface area contributed by atoms with E-state index in [4.69, 9.17) is 9.84 Å². The van der Waals surface area contributed by atoms with Crippen LogP contribution in [0.15, 0.2) is 43.8 Å². The number of nitrogens with zero attached hydrogens (tertiary/aromatic N) is 2. The van der Waals surface area contributed by atoms with Crippen molar-refractivity contribution in [3.63, 3.8) is 0 Å². The molecule has 2 rings (SSSR count). The fourth-order valence-corrected chi connectivity index (χ4v) is 2.93. The number of non-ortho nitro benzene ring substituents is 1. The molecule has 0 radical (unpaired) electrons. The summed E-state index contributed by atoms with van der Waals surface area (Å²) >= 11 is 1.05. The first-order chi connectivity index (χ1) is 11.4. The Morgan fingerprint density at radius 1 is 1.42 bits per heavy atom. The highest BCUT2D eigenvalue weighted by atomic mass is 32.2. The van der Waals surface area contributed by atoms with Crippen LogP contribution in [0.5, 0.6) is 0 Å². The largest absolute Gasteiger partial charge is 0.394 e. The Hall–Kier alpha value is -2.43. The second kappa shape index (κ2) is 7.90. The molecule has 0 saturated heterocycles. The Labute approximate surface area is 140 Å². The van der Waals surface area contributed by atoms with Crippen LogP contribution in [0.4, 0.5) is 5.69 Å². The van der Waals surface area contributed by atoms with Crippen LogP contribution >= 0.6 is 11.8 Å². The molecule has 0 aliphatic rings. The first-order valence-corrected chi connectivity index (χ1v) is 7.70. The third-order valence-corrected chi connectivity index (χ3v) is 4.28. The van der Waals surface area contributed by atoms with Crippen molar-refractivity contribution >= 4 is 17.4 Å². The fraction of sp³-hybridized carbons (Fsp3) is 0.286. The molecule has 1 heterocycles. The van der Waals surface area contributed by atoms with Crippen molar-refractivity contribution in [3.05, 3.63) is 60.8 Å². The molecule has 128 valence electrons. The molecule has 2 aromatic rings. The Kier molecular flexibility index (Phi) is 5.90. The number of H-pyrrole nitrogens is 1. The van der Waals surface area contributed by atoms with Gasteiger partial charge >= 0.3 is 5.69 Å². The molecule has 10 heteroatoms. The number of aliphatic hydroxyl groups excluding tert-OH is 1. The number of hydrogen-bond acceptors (Lipinski definition) is 7. The molecule has 0 aliphatic carbocycles. The standard InChI is InChI=1S/C14H15N3O6S/c1-9-12(19)15-14(20)16(8-23-6-5-18)13(9)24-11-4-2-3-10(7-11)17(21)22/h2-4,7,18H,5-6,8H2,1H3,(H,15,19,20). The summed E-state index contributed by atoms with van der Waals surface area (Å²) in [7, 11) is 0. The first-order valence-electron chi connectivity index (χ1n) is 6.88. The van der Waals surface area contributed by atoms with Gasteiger partial charge < -0.3 is 9.84 Å². The average Bonchev–Trinajstić information content (AvgIpc) is 2.55. The second-order valence-corrected chi connectivity index (χ2v) is 5.80. The van der Waals surface area contributed by atoms with Gasteiger partial charge in [-0.05, 0) is 13.0 Å². The molecule has 0 bridgehead atoms. The number of ether oxygens (including phenoxy) is 1. The molecule has 0 spiro atoms. The lowest BCUT2D eigenvalue weighted by Gasteiger charge is -2.14. The zero-order valence-corrected chi connectivity index (χ0v) is 13.5. The molecule has 0 amide bonds. The van der Waals surface area contributed by atoms with Gasteiger partial charge in [0, 0.05) is 22.6 Å². The summed E-state index contributed by atoms with van der Waals surface area (Å²) in [5.41, 5.74) is -0.991. The molecule has 0 fully saturated rings. The highest BCUT2D eigenvalue weighted by molar-refractivity contribution is 7.99. The van der Waals surface area contributed by atoms with Crippen molar-refractivity contribution < 1.29 is 14.8 Å². The Bertz CT molecular complexity index is 860. The van der Waals surface area contributed by atoms with Gasteiger partial charge in [-0.1, -0.05) is 17.8 Å². The van der Waals surface area contributed by atoms with Gasteiger partial charge in [0.2, 0.25) is 0 Å². The van der Waals surface area contributed by atoms with Gasteiger partial charge in [-0.15, -0.1) is 0 Å². The van der Waals surface area contributed by atoms with Gasteiger partial charge in [0.1, 0.15) is 6.73 Å². The van der Waals surface area contributed by atoms with Crippen molar-refractivity contribution in [2.45, 2.75) is 23.6 Å². The average molecular weight is 353 g/mol. The van der Waals surface area contributed by atoms with Crippen molar-refractivity contribution in [1.29, 1.82) is 0 Å². The number of benzene rings is 1. The molecular weight excluding hydrogens is 338 g/mol. The van der Waals surface area contributed by atoms with E-state index in [1.165, 1.54) is 22.8 Å². The third kappa shape index (κ3) is 4.10. The van der Waals surface area contributed by atoms with E-state index < -0.39 is 16.2 Å². The third-order valence-electron chi connectivity index (χ3n) is 3.07. The summed E-state index contributed by atoms with van der Waals surface area (Å²) in [6.45, 7) is 1.21. The van der Waals surface area contributed by atoms with E-state index in [-0.39, 0.29) is 25.6 Å². The van der Waals surface area contributed by atoms with Crippen LogP contribution in [-0.2, 0) is 11.5 Å². The highest BCUT2D eigenvalue weighted by Gasteiger charge is 2.15. The van der Waals surface area contributed by atoms with Crippen LogP contribution in [0.1, 0.15) is 5.56 Å². The second-order valence-electron chi connectivity index (χ2n) is 4.73. The first kappa shape index (κ1) is 17.9. The zero-order valence-electron chi connectivity index (χ0n) is 12.7. The molecule has 0 unspecified atom stereocenters. The summed E-state index contributed by atoms with van der Waals surface area (Å²) in [6, 6.07) is 5.87. The number of aliphatic hydroxyl groups is 1. The van der Waals surface area contributed by atoms with Crippen molar-refractivity contribution in [2.75, 3.05) is 13.2 Å². The van der Waals surface area contributed by atoms with E-state index in [0.717, 1.165) is 11.8 Å². The number of rotatable bonds is 7. The van der Waals surface area contributed by atoms with Crippen molar-refractivity contribution in [1.82, 2.24) is 9.55 Å². The predicted octanol–water partition coefficient (Wildman–Crippen LogP) is 0.871. The normalized spacial score (nSPS) is 10.8. The lowest BCUT2D eigenvalue weighted by molar-refractivity contribution is -0.385. The van der Waals surface area contributed by atoms with Gasteiger partial charge in [0.15, 0.2) is 0 Å². The van der Waals surface area contributed by atoms with Gasteiger partial charge in [0.05, 0.1) is 23.2 Å². The molecule has 0 saturated carbocycles. The maximum atomic E-state index is 12.0. The van der Waals surface area contributed by atoms with E-state index in [1.54, 1.807) is 13.0 Å². The highest BCUT2D eigenvalue weighted by Crippen LogP contribution is 2.30. The number of hydrogen-bond donors (Lipinski definition) is 2. The minimum absolute atomic E-state index is 0.0333. The number of nitro benzene ring substituents is 1. The summed E-state index contributed by atoms with van der Waals surface area (Å²) in [4.78, 5) is 36.9. The molecule has 24 heavy (non-hydrogen) atoms. The quantitative estimate of drug-likeness (QED) is 0.327. The smallest absolute Gasteiger partial charge is 0.331 e. The van der Waals surface area contributed by atoms with Crippen LogP contribution in [-0.4, -0.2) is 32.8 Å². The molecule has 1 aromatic heterocycles. The number of aromatic amines is 1. The van der Waals surface area contributed by atoms with E-state index >= 15 is 0 Å². The van der Waals surface area contributed by atoms with E-state index in [2.05, 4.69) is 4.98 Å². The maximum Gasteiger partial charge on any atom is 0.331 e. The maximum absolute atomic E-state index is 12.0. The SMILES string of the molecule is Cc1c(Sc2cccc([N+](=O)[O-])c2)n(COCCO)c(=O)[nH]c1=O.